The first-order chi connectivity index (χ1) is 13.7. The zero-order valence-electron chi connectivity index (χ0n) is 17.2. The quantitative estimate of drug-likeness (QED) is 0.775. The van der Waals surface area contributed by atoms with Gasteiger partial charge in [0.05, 0.1) is 6.54 Å². The van der Waals surface area contributed by atoms with Crippen LogP contribution in [0.5, 0.6) is 5.75 Å². The molecule has 0 saturated carbocycles. The highest BCUT2D eigenvalue weighted by molar-refractivity contribution is 5.92. The standard InChI is InChI=1S/C23H29FN2O3/c1-16(2)17-7-9-19(10-8-17)25-22(27)14-26-12-11-21(23(3,28)15-26)29-20-6-4-5-18(24)13-20/h4-10,13,16,21,28H,11-12,14-15H2,1-3H3,(H,25,27)/t21-,23-/m0/s1. The van der Waals surface area contributed by atoms with Crippen molar-refractivity contribution < 1.29 is 19.0 Å². The molecule has 0 radical (unpaired) electrons. The van der Waals surface area contributed by atoms with Gasteiger partial charge in [-0.05, 0) is 49.1 Å². The molecule has 1 aliphatic rings. The molecule has 6 heteroatoms. The minimum Gasteiger partial charge on any atom is -0.487 e. The Kier molecular flexibility index (Phi) is 6.55. The lowest BCUT2D eigenvalue weighted by Crippen LogP contribution is -2.58. The number of hydrogen-bond acceptors (Lipinski definition) is 4. The Bertz CT molecular complexity index is 836. The number of rotatable bonds is 6. The molecular weight excluding hydrogens is 371 g/mol. The Balaban J connectivity index is 1.53. The molecule has 29 heavy (non-hydrogen) atoms. The van der Waals surface area contributed by atoms with E-state index in [1.807, 2.05) is 29.2 Å². The number of β-amino-alcohol motifs (C(OH)–C–C–N with tert-alkyl or cyclic N) is 1. The van der Waals surface area contributed by atoms with Gasteiger partial charge in [-0.15, -0.1) is 0 Å². The molecule has 156 valence electrons. The molecule has 2 atom stereocenters. The summed E-state index contributed by atoms with van der Waals surface area (Å²) in [5.41, 5.74) is 0.832. The number of nitrogens with one attached hydrogen (secondary N) is 1. The van der Waals surface area contributed by atoms with Gasteiger partial charge in [0.1, 0.15) is 23.3 Å². The van der Waals surface area contributed by atoms with Gasteiger partial charge in [-0.2, -0.15) is 0 Å². The topological polar surface area (TPSA) is 61.8 Å². The van der Waals surface area contributed by atoms with Crippen molar-refractivity contribution in [3.8, 4) is 5.75 Å². The highest BCUT2D eigenvalue weighted by Crippen LogP contribution is 2.27. The second-order valence-corrected chi connectivity index (χ2v) is 8.25. The lowest BCUT2D eigenvalue weighted by molar-refractivity contribution is -0.123. The smallest absolute Gasteiger partial charge is 0.238 e. The zero-order chi connectivity index (χ0) is 21.0. The average Bonchev–Trinajstić information content (AvgIpc) is 2.64. The molecule has 0 unspecified atom stereocenters. The first-order valence-electron chi connectivity index (χ1n) is 10.00. The molecular formula is C23H29FN2O3. The Hall–Kier alpha value is -2.44. The van der Waals surface area contributed by atoms with Gasteiger partial charge < -0.3 is 15.2 Å². The van der Waals surface area contributed by atoms with Gasteiger partial charge in [-0.1, -0.05) is 32.0 Å². The van der Waals surface area contributed by atoms with Gasteiger partial charge in [-0.25, -0.2) is 4.39 Å². The Labute approximate surface area is 171 Å². The number of benzene rings is 2. The Morgan fingerprint density at radius 2 is 2.03 bits per heavy atom. The predicted molar refractivity (Wildman–Crippen MR) is 112 cm³/mol. The third-order valence-electron chi connectivity index (χ3n) is 5.25. The third-order valence-corrected chi connectivity index (χ3v) is 5.25. The molecule has 0 aromatic heterocycles. The van der Waals surface area contributed by atoms with E-state index in [0.29, 0.717) is 31.2 Å². The van der Waals surface area contributed by atoms with E-state index in [-0.39, 0.29) is 18.3 Å². The Morgan fingerprint density at radius 1 is 1.31 bits per heavy atom. The lowest BCUT2D eigenvalue weighted by atomic mass is 9.91. The molecule has 0 aliphatic carbocycles. The summed E-state index contributed by atoms with van der Waals surface area (Å²) >= 11 is 0. The molecule has 5 nitrogen and oxygen atoms in total. The van der Waals surface area contributed by atoms with Crippen molar-refractivity contribution in [3.63, 3.8) is 0 Å². The fraction of sp³-hybridized carbons (Fsp3) is 0.435. The average molecular weight is 400 g/mol. The molecule has 2 N–H and O–H groups in total. The van der Waals surface area contributed by atoms with Crippen LogP contribution >= 0.6 is 0 Å². The molecule has 1 fully saturated rings. The van der Waals surface area contributed by atoms with Crippen molar-refractivity contribution in [3.05, 3.63) is 59.9 Å². The summed E-state index contributed by atoms with van der Waals surface area (Å²) < 4.78 is 19.2. The number of piperidine rings is 1. The number of aliphatic hydroxyl groups is 1. The van der Waals surface area contributed by atoms with E-state index < -0.39 is 11.7 Å². The van der Waals surface area contributed by atoms with Crippen LogP contribution in [-0.2, 0) is 4.79 Å². The van der Waals surface area contributed by atoms with E-state index in [9.17, 15) is 14.3 Å². The summed E-state index contributed by atoms with van der Waals surface area (Å²) in [6.07, 6.45) is 0.0760. The molecule has 1 amide bonds. The fourth-order valence-corrected chi connectivity index (χ4v) is 3.62. The van der Waals surface area contributed by atoms with Crippen LogP contribution in [0.15, 0.2) is 48.5 Å². The molecule has 3 rings (SSSR count). The van der Waals surface area contributed by atoms with Gasteiger partial charge in [0.2, 0.25) is 5.91 Å². The number of carbonyl (C=O) groups is 1. The van der Waals surface area contributed by atoms with Gasteiger partial charge in [-0.3, -0.25) is 9.69 Å². The third kappa shape index (κ3) is 5.78. The van der Waals surface area contributed by atoms with Gasteiger partial charge in [0, 0.05) is 24.8 Å². The van der Waals surface area contributed by atoms with Crippen LogP contribution in [0.3, 0.4) is 0 Å². The van der Waals surface area contributed by atoms with E-state index in [2.05, 4.69) is 19.2 Å². The van der Waals surface area contributed by atoms with Crippen LogP contribution in [0.1, 0.15) is 38.7 Å². The van der Waals surface area contributed by atoms with E-state index in [0.717, 1.165) is 5.69 Å². The highest BCUT2D eigenvalue weighted by Gasteiger charge is 2.40. The number of amides is 1. The summed E-state index contributed by atoms with van der Waals surface area (Å²) in [5.74, 6) is 0.337. The van der Waals surface area contributed by atoms with Crippen molar-refractivity contribution in [2.75, 3.05) is 25.0 Å². The summed E-state index contributed by atoms with van der Waals surface area (Å²) in [6, 6.07) is 13.7. The number of likely N-dealkylation sites (tertiary alicyclic amines) is 1. The predicted octanol–water partition coefficient (Wildman–Crippen LogP) is 3.79. The van der Waals surface area contributed by atoms with Gasteiger partial charge >= 0.3 is 0 Å². The Morgan fingerprint density at radius 3 is 2.66 bits per heavy atom. The molecule has 1 saturated heterocycles. The van der Waals surface area contributed by atoms with Gasteiger partial charge in [0.25, 0.3) is 0 Å². The van der Waals surface area contributed by atoms with Crippen LogP contribution in [0, 0.1) is 5.82 Å². The molecule has 2 aromatic rings. The maximum Gasteiger partial charge on any atom is 0.238 e. The normalized spacial score (nSPS) is 22.5. The molecule has 0 spiro atoms. The largest absolute Gasteiger partial charge is 0.487 e. The van der Waals surface area contributed by atoms with E-state index in [4.69, 9.17) is 4.74 Å². The second kappa shape index (κ2) is 8.93. The number of hydrogen-bond donors (Lipinski definition) is 2. The van der Waals surface area contributed by atoms with Crippen LogP contribution in [0.25, 0.3) is 0 Å². The van der Waals surface area contributed by atoms with Crippen molar-refractivity contribution in [1.82, 2.24) is 4.90 Å². The van der Waals surface area contributed by atoms with E-state index in [1.165, 1.54) is 17.7 Å². The molecule has 1 heterocycles. The molecule has 2 aromatic carbocycles. The first-order valence-corrected chi connectivity index (χ1v) is 10.00. The molecule has 0 bridgehead atoms. The monoisotopic (exact) mass is 400 g/mol. The van der Waals surface area contributed by atoms with Crippen molar-refractivity contribution in [1.29, 1.82) is 0 Å². The summed E-state index contributed by atoms with van der Waals surface area (Å²) in [5, 5.41) is 13.7. The van der Waals surface area contributed by atoms with Crippen molar-refractivity contribution >= 4 is 11.6 Å². The lowest BCUT2D eigenvalue weighted by Gasteiger charge is -2.42. The SMILES string of the molecule is CC(C)c1ccc(NC(=O)CN2CC[C@H](Oc3cccc(F)c3)[C@@](C)(O)C2)cc1. The fourth-order valence-electron chi connectivity index (χ4n) is 3.62. The van der Waals surface area contributed by atoms with Crippen LogP contribution < -0.4 is 10.1 Å². The first kappa shape index (κ1) is 21.3. The number of anilines is 1. The van der Waals surface area contributed by atoms with Crippen molar-refractivity contribution in [2.45, 2.75) is 44.8 Å². The minimum atomic E-state index is -1.15. The number of carbonyl (C=O) groups excluding carboxylic acids is 1. The van der Waals surface area contributed by atoms with Crippen LogP contribution in [0.4, 0.5) is 10.1 Å². The summed E-state index contributed by atoms with van der Waals surface area (Å²) in [4.78, 5) is 14.3. The van der Waals surface area contributed by atoms with Crippen LogP contribution in [0.2, 0.25) is 0 Å². The summed E-state index contributed by atoms with van der Waals surface area (Å²) in [7, 11) is 0. The van der Waals surface area contributed by atoms with E-state index in [1.54, 1.807) is 19.1 Å². The highest BCUT2D eigenvalue weighted by atomic mass is 19.1. The number of ether oxygens (including phenoxy) is 1. The summed E-state index contributed by atoms with van der Waals surface area (Å²) in [6.45, 7) is 7.03. The van der Waals surface area contributed by atoms with Gasteiger partial charge in [0.15, 0.2) is 0 Å². The second-order valence-electron chi connectivity index (χ2n) is 8.25. The van der Waals surface area contributed by atoms with E-state index >= 15 is 0 Å². The van der Waals surface area contributed by atoms with Crippen LogP contribution in [-0.4, -0.2) is 47.3 Å². The minimum absolute atomic E-state index is 0.123. The maximum atomic E-state index is 13.4. The maximum absolute atomic E-state index is 13.4. The zero-order valence-corrected chi connectivity index (χ0v) is 17.2. The number of halogens is 1. The molecule has 1 aliphatic heterocycles. The van der Waals surface area contributed by atoms with Crippen molar-refractivity contribution in [2.24, 2.45) is 0 Å². The number of nitrogens with zero attached hydrogens (tertiary/aromatic N) is 1.